The van der Waals surface area contributed by atoms with Crippen molar-refractivity contribution in [2.24, 2.45) is 0 Å². The number of hydrogen-bond acceptors (Lipinski definition) is 3. The second-order valence-electron chi connectivity index (χ2n) is 2.91. The normalized spacial score (nSPS) is 11.2. The SMILES string of the molecule is O=C(O)c1nc(Cl)cc(NC(=O)C(F)(F)F)c1Cl. The molecule has 0 spiro atoms. The van der Waals surface area contributed by atoms with Crippen LogP contribution < -0.4 is 5.32 Å². The Balaban J connectivity index is 3.18. The van der Waals surface area contributed by atoms with Crippen molar-refractivity contribution in [3.8, 4) is 0 Å². The summed E-state index contributed by atoms with van der Waals surface area (Å²) < 4.78 is 36.0. The molecule has 10 heteroatoms. The number of nitrogens with one attached hydrogen (secondary N) is 1. The highest BCUT2D eigenvalue weighted by Crippen LogP contribution is 2.29. The van der Waals surface area contributed by atoms with Gasteiger partial charge in [0.2, 0.25) is 0 Å². The highest BCUT2D eigenvalue weighted by atomic mass is 35.5. The van der Waals surface area contributed by atoms with Crippen LogP contribution in [-0.4, -0.2) is 28.1 Å². The molecule has 0 fully saturated rings. The van der Waals surface area contributed by atoms with Crippen LogP contribution in [0.1, 0.15) is 10.5 Å². The maximum Gasteiger partial charge on any atom is 0.471 e. The van der Waals surface area contributed by atoms with Gasteiger partial charge in [-0.25, -0.2) is 9.78 Å². The third kappa shape index (κ3) is 3.23. The molecular formula is C8H3Cl2F3N2O3. The predicted octanol–water partition coefficient (Wildman–Crippen LogP) is 2.59. The summed E-state index contributed by atoms with van der Waals surface area (Å²) in [6, 6.07) is 0.806. The van der Waals surface area contributed by atoms with Gasteiger partial charge in [-0.05, 0) is 0 Å². The Morgan fingerprint density at radius 2 is 1.89 bits per heavy atom. The molecule has 0 atom stereocenters. The van der Waals surface area contributed by atoms with Gasteiger partial charge in [0.1, 0.15) is 5.15 Å². The van der Waals surface area contributed by atoms with E-state index in [0.717, 1.165) is 6.07 Å². The minimum atomic E-state index is -5.14. The van der Waals surface area contributed by atoms with E-state index in [1.807, 2.05) is 0 Å². The van der Waals surface area contributed by atoms with Gasteiger partial charge in [0.05, 0.1) is 10.7 Å². The number of anilines is 1. The van der Waals surface area contributed by atoms with Crippen LogP contribution in [0, 0.1) is 0 Å². The molecular weight excluding hydrogens is 300 g/mol. The average molecular weight is 303 g/mol. The molecule has 1 rings (SSSR count). The summed E-state index contributed by atoms with van der Waals surface area (Å²) >= 11 is 10.9. The monoisotopic (exact) mass is 302 g/mol. The number of aromatic carboxylic acids is 1. The molecule has 1 aromatic rings. The fraction of sp³-hybridized carbons (Fsp3) is 0.125. The number of carboxylic acids is 1. The van der Waals surface area contributed by atoms with Crippen LogP contribution >= 0.6 is 23.2 Å². The first-order chi connectivity index (χ1) is 8.12. The molecule has 0 saturated carbocycles. The Morgan fingerprint density at radius 3 is 2.33 bits per heavy atom. The maximum absolute atomic E-state index is 12.0. The lowest BCUT2D eigenvalue weighted by atomic mass is 10.3. The number of rotatable bonds is 2. The number of hydrogen-bond donors (Lipinski definition) is 2. The van der Waals surface area contributed by atoms with Gasteiger partial charge < -0.3 is 10.4 Å². The summed E-state index contributed by atoms with van der Waals surface area (Å²) in [5.74, 6) is -3.90. The van der Waals surface area contributed by atoms with E-state index in [1.54, 1.807) is 0 Å². The lowest BCUT2D eigenvalue weighted by Crippen LogP contribution is -2.30. The Hall–Kier alpha value is -1.54. The molecule has 5 nitrogen and oxygen atoms in total. The Labute approximate surface area is 108 Å². The number of alkyl halides is 3. The van der Waals surface area contributed by atoms with Crippen molar-refractivity contribution in [1.29, 1.82) is 0 Å². The van der Waals surface area contributed by atoms with Crippen LogP contribution in [0.15, 0.2) is 6.07 Å². The molecule has 1 heterocycles. The van der Waals surface area contributed by atoms with E-state index in [0.29, 0.717) is 0 Å². The van der Waals surface area contributed by atoms with E-state index in [2.05, 4.69) is 4.98 Å². The second kappa shape index (κ2) is 4.99. The number of carboxylic acid groups (broad SMARTS) is 1. The minimum Gasteiger partial charge on any atom is -0.476 e. The first-order valence-corrected chi connectivity index (χ1v) is 4.86. The number of carbonyl (C=O) groups is 2. The number of aromatic nitrogens is 1. The standard InChI is InChI=1S/C8H3Cl2F3N2O3/c9-3-1-2(14-7(18)8(11,12)13)4(10)5(15-3)6(16)17/h1H,(H,16,17)(H,14,15,18). The zero-order valence-corrected chi connectivity index (χ0v) is 9.69. The molecule has 2 N–H and O–H groups in total. The lowest BCUT2D eigenvalue weighted by Gasteiger charge is -2.10. The third-order valence-corrected chi connectivity index (χ3v) is 2.21. The van der Waals surface area contributed by atoms with E-state index >= 15 is 0 Å². The topological polar surface area (TPSA) is 79.3 Å². The smallest absolute Gasteiger partial charge is 0.471 e. The number of carbonyl (C=O) groups excluding carboxylic acids is 1. The molecule has 0 aliphatic heterocycles. The van der Waals surface area contributed by atoms with Gasteiger partial charge in [-0.3, -0.25) is 4.79 Å². The van der Waals surface area contributed by atoms with Crippen LogP contribution in [-0.2, 0) is 4.79 Å². The predicted molar refractivity (Wildman–Crippen MR) is 55.9 cm³/mol. The van der Waals surface area contributed by atoms with Gasteiger partial charge in [0, 0.05) is 6.07 Å². The molecule has 0 aromatic carbocycles. The van der Waals surface area contributed by atoms with Crippen molar-refractivity contribution in [3.63, 3.8) is 0 Å². The van der Waals surface area contributed by atoms with E-state index in [-0.39, 0.29) is 0 Å². The first kappa shape index (κ1) is 14.5. The van der Waals surface area contributed by atoms with Crippen LogP contribution in [0.3, 0.4) is 0 Å². The molecule has 0 radical (unpaired) electrons. The van der Waals surface area contributed by atoms with Crippen LogP contribution in [0.25, 0.3) is 0 Å². The van der Waals surface area contributed by atoms with Crippen molar-refractivity contribution in [2.45, 2.75) is 6.18 Å². The lowest BCUT2D eigenvalue weighted by molar-refractivity contribution is -0.167. The first-order valence-electron chi connectivity index (χ1n) is 4.10. The number of halogens is 5. The van der Waals surface area contributed by atoms with E-state index in [4.69, 9.17) is 28.3 Å². The zero-order valence-electron chi connectivity index (χ0n) is 8.18. The molecule has 98 valence electrons. The Kier molecular flexibility index (Phi) is 4.02. The summed E-state index contributed by atoms with van der Waals surface area (Å²) in [7, 11) is 0. The van der Waals surface area contributed by atoms with Gasteiger partial charge >= 0.3 is 18.1 Å². The van der Waals surface area contributed by atoms with E-state index in [9.17, 15) is 22.8 Å². The van der Waals surface area contributed by atoms with Crippen molar-refractivity contribution < 1.29 is 27.9 Å². The summed E-state index contributed by atoms with van der Waals surface area (Å²) in [6.45, 7) is 0. The molecule has 0 aliphatic rings. The molecule has 0 saturated heterocycles. The van der Waals surface area contributed by atoms with E-state index in [1.165, 1.54) is 5.32 Å². The van der Waals surface area contributed by atoms with Gasteiger partial charge in [0.25, 0.3) is 0 Å². The highest BCUT2D eigenvalue weighted by Gasteiger charge is 2.39. The van der Waals surface area contributed by atoms with Gasteiger partial charge in [0.15, 0.2) is 5.69 Å². The largest absolute Gasteiger partial charge is 0.476 e. The second-order valence-corrected chi connectivity index (χ2v) is 3.68. The number of pyridine rings is 1. The van der Waals surface area contributed by atoms with E-state index < -0.39 is 39.6 Å². The molecule has 0 unspecified atom stereocenters. The van der Waals surface area contributed by atoms with Crippen LogP contribution in [0.5, 0.6) is 0 Å². The van der Waals surface area contributed by atoms with Crippen molar-refractivity contribution in [3.05, 3.63) is 21.9 Å². The average Bonchev–Trinajstić information content (AvgIpc) is 2.21. The van der Waals surface area contributed by atoms with Crippen molar-refractivity contribution in [2.75, 3.05) is 5.32 Å². The Bertz CT molecular complexity index is 519. The van der Waals surface area contributed by atoms with Crippen molar-refractivity contribution >= 4 is 40.8 Å². The summed E-state index contributed by atoms with van der Waals surface area (Å²) in [6.07, 6.45) is -5.14. The number of nitrogens with zero attached hydrogens (tertiary/aromatic N) is 1. The third-order valence-electron chi connectivity index (χ3n) is 1.63. The maximum atomic E-state index is 12.0. The zero-order chi connectivity index (χ0) is 14.1. The van der Waals surface area contributed by atoms with Gasteiger partial charge in [-0.1, -0.05) is 23.2 Å². The molecule has 0 bridgehead atoms. The molecule has 18 heavy (non-hydrogen) atoms. The fourth-order valence-corrected chi connectivity index (χ4v) is 1.34. The van der Waals surface area contributed by atoms with Crippen LogP contribution in [0.2, 0.25) is 10.2 Å². The quantitative estimate of drug-likeness (QED) is 0.823. The number of amides is 1. The molecule has 1 amide bonds. The highest BCUT2D eigenvalue weighted by molar-refractivity contribution is 6.37. The molecule has 0 aliphatic carbocycles. The summed E-state index contributed by atoms with van der Waals surface area (Å²) in [5, 5.41) is 9.00. The fourth-order valence-electron chi connectivity index (χ4n) is 0.924. The summed E-state index contributed by atoms with van der Waals surface area (Å²) in [4.78, 5) is 24.6. The van der Waals surface area contributed by atoms with Crippen molar-refractivity contribution in [1.82, 2.24) is 4.98 Å². The summed E-state index contributed by atoms with van der Waals surface area (Å²) in [5.41, 5.74) is -1.35. The molecule has 1 aromatic heterocycles. The van der Waals surface area contributed by atoms with Gasteiger partial charge in [-0.15, -0.1) is 0 Å². The van der Waals surface area contributed by atoms with Gasteiger partial charge in [-0.2, -0.15) is 13.2 Å². The Morgan fingerprint density at radius 1 is 1.33 bits per heavy atom. The minimum absolute atomic E-state index is 0.422. The van der Waals surface area contributed by atoms with Crippen LogP contribution in [0.4, 0.5) is 18.9 Å².